The predicted molar refractivity (Wildman–Crippen MR) is 55.5 cm³/mol. The number of thioether (sulfide) groups is 1. The summed E-state index contributed by atoms with van der Waals surface area (Å²) in [5.41, 5.74) is 0.601. The van der Waals surface area contributed by atoms with Crippen molar-refractivity contribution in [1.82, 2.24) is 0 Å². The maximum absolute atomic E-state index is 5.06. The Kier molecular flexibility index (Phi) is 3.91. The van der Waals surface area contributed by atoms with E-state index in [0.29, 0.717) is 5.41 Å². The Morgan fingerprint density at radius 3 is 2.42 bits per heavy atom. The van der Waals surface area contributed by atoms with Crippen LogP contribution in [0.4, 0.5) is 0 Å². The van der Waals surface area contributed by atoms with Crippen LogP contribution in [0, 0.1) is 5.41 Å². The molecule has 12 heavy (non-hydrogen) atoms. The monoisotopic (exact) mass is 188 g/mol. The molecule has 0 saturated heterocycles. The quantitative estimate of drug-likeness (QED) is 0.629. The Morgan fingerprint density at radius 1 is 1.33 bits per heavy atom. The maximum atomic E-state index is 5.06. The van der Waals surface area contributed by atoms with E-state index in [2.05, 4.69) is 13.8 Å². The van der Waals surface area contributed by atoms with Crippen molar-refractivity contribution in [3.63, 3.8) is 0 Å². The molecule has 0 aromatic rings. The lowest BCUT2D eigenvalue weighted by molar-refractivity contribution is 0.241. The van der Waals surface area contributed by atoms with Gasteiger partial charge in [0.1, 0.15) is 0 Å². The van der Waals surface area contributed by atoms with Crippen molar-refractivity contribution >= 4 is 11.8 Å². The van der Waals surface area contributed by atoms with Crippen LogP contribution in [0.5, 0.6) is 0 Å². The Morgan fingerprint density at radius 2 is 1.92 bits per heavy atom. The van der Waals surface area contributed by atoms with Gasteiger partial charge in [-0.3, -0.25) is 0 Å². The van der Waals surface area contributed by atoms with E-state index >= 15 is 0 Å². The van der Waals surface area contributed by atoms with Gasteiger partial charge in [-0.2, -0.15) is 0 Å². The molecule has 0 heterocycles. The first-order valence-corrected chi connectivity index (χ1v) is 5.79. The minimum atomic E-state index is 0.601. The van der Waals surface area contributed by atoms with E-state index in [1.165, 1.54) is 25.7 Å². The second-order valence-corrected chi connectivity index (χ2v) is 5.67. The standard InChI is InChI=1S/C10H20OS/c1-10(2)6-4-9(5-7-10)12-8-11-3/h9H,4-8H2,1-3H3. The van der Waals surface area contributed by atoms with Gasteiger partial charge in [0.25, 0.3) is 0 Å². The summed E-state index contributed by atoms with van der Waals surface area (Å²) in [6, 6.07) is 0. The number of rotatable bonds is 3. The molecule has 1 aliphatic rings. The van der Waals surface area contributed by atoms with Crippen molar-refractivity contribution in [1.29, 1.82) is 0 Å². The summed E-state index contributed by atoms with van der Waals surface area (Å²) in [6.07, 6.45) is 5.52. The summed E-state index contributed by atoms with van der Waals surface area (Å²) < 4.78 is 5.06. The molecule has 1 saturated carbocycles. The van der Waals surface area contributed by atoms with Crippen molar-refractivity contribution in [2.45, 2.75) is 44.8 Å². The highest BCUT2D eigenvalue weighted by Gasteiger charge is 2.26. The smallest absolute Gasteiger partial charge is 0.0919 e. The lowest BCUT2D eigenvalue weighted by Crippen LogP contribution is -2.22. The van der Waals surface area contributed by atoms with Gasteiger partial charge in [-0.15, -0.1) is 11.8 Å². The maximum Gasteiger partial charge on any atom is 0.0919 e. The van der Waals surface area contributed by atoms with Gasteiger partial charge in [-0.25, -0.2) is 0 Å². The molecule has 1 fully saturated rings. The van der Waals surface area contributed by atoms with Crippen molar-refractivity contribution in [2.75, 3.05) is 13.0 Å². The van der Waals surface area contributed by atoms with Crippen LogP contribution in [0.3, 0.4) is 0 Å². The van der Waals surface area contributed by atoms with Crippen LogP contribution in [-0.2, 0) is 4.74 Å². The zero-order valence-corrected chi connectivity index (χ0v) is 9.25. The summed E-state index contributed by atoms with van der Waals surface area (Å²) >= 11 is 1.98. The Labute approximate surface area is 80.3 Å². The van der Waals surface area contributed by atoms with Crippen LogP contribution in [0.25, 0.3) is 0 Å². The molecule has 72 valence electrons. The predicted octanol–water partition coefficient (Wildman–Crippen LogP) is 3.29. The van der Waals surface area contributed by atoms with E-state index in [0.717, 1.165) is 11.2 Å². The fraction of sp³-hybridized carbons (Fsp3) is 1.00. The first kappa shape index (κ1) is 10.4. The molecule has 2 heteroatoms. The molecule has 0 aromatic carbocycles. The van der Waals surface area contributed by atoms with Gasteiger partial charge in [-0.05, 0) is 31.1 Å². The van der Waals surface area contributed by atoms with Gasteiger partial charge in [0.2, 0.25) is 0 Å². The van der Waals surface area contributed by atoms with Gasteiger partial charge < -0.3 is 4.74 Å². The molecule has 0 spiro atoms. The van der Waals surface area contributed by atoms with E-state index in [1.54, 1.807) is 7.11 Å². The fourth-order valence-electron chi connectivity index (χ4n) is 1.70. The van der Waals surface area contributed by atoms with Crippen molar-refractivity contribution < 1.29 is 4.74 Å². The second-order valence-electron chi connectivity index (χ2n) is 4.44. The molecule has 0 amide bonds. The number of methoxy groups -OCH3 is 1. The van der Waals surface area contributed by atoms with Crippen LogP contribution in [0.1, 0.15) is 39.5 Å². The Bertz CT molecular complexity index is 124. The molecule has 0 unspecified atom stereocenters. The molecule has 0 radical (unpaired) electrons. The molecule has 0 N–H and O–H groups in total. The highest BCUT2D eigenvalue weighted by molar-refractivity contribution is 7.99. The summed E-state index contributed by atoms with van der Waals surface area (Å²) in [5.74, 6) is 0.866. The van der Waals surface area contributed by atoms with Gasteiger partial charge in [0.05, 0.1) is 5.94 Å². The molecule has 0 atom stereocenters. The number of hydrogen-bond acceptors (Lipinski definition) is 2. The molecule has 0 aliphatic heterocycles. The minimum Gasteiger partial charge on any atom is -0.374 e. The highest BCUT2D eigenvalue weighted by atomic mass is 32.2. The summed E-state index contributed by atoms with van der Waals surface area (Å²) in [5, 5.41) is 0.859. The molecule has 0 aromatic heterocycles. The van der Waals surface area contributed by atoms with Crippen LogP contribution >= 0.6 is 11.8 Å². The largest absolute Gasteiger partial charge is 0.374 e. The van der Waals surface area contributed by atoms with E-state index in [-0.39, 0.29) is 0 Å². The van der Waals surface area contributed by atoms with Crippen molar-refractivity contribution in [3.8, 4) is 0 Å². The zero-order valence-electron chi connectivity index (χ0n) is 8.43. The second kappa shape index (κ2) is 4.52. The summed E-state index contributed by atoms with van der Waals surface area (Å²) in [7, 11) is 1.78. The third-order valence-electron chi connectivity index (χ3n) is 2.71. The molecular formula is C10H20OS. The number of hydrogen-bond donors (Lipinski definition) is 0. The van der Waals surface area contributed by atoms with Crippen molar-refractivity contribution in [3.05, 3.63) is 0 Å². The average Bonchev–Trinajstić information content (AvgIpc) is 2.03. The van der Waals surface area contributed by atoms with Crippen LogP contribution in [0.15, 0.2) is 0 Å². The molecule has 1 aliphatic carbocycles. The first-order chi connectivity index (χ1) is 5.64. The van der Waals surface area contributed by atoms with E-state index in [9.17, 15) is 0 Å². The molecule has 1 nitrogen and oxygen atoms in total. The molecular weight excluding hydrogens is 168 g/mol. The van der Waals surface area contributed by atoms with Crippen LogP contribution in [-0.4, -0.2) is 18.3 Å². The SMILES string of the molecule is COCSC1CCC(C)(C)CC1. The molecule has 0 bridgehead atoms. The molecule has 1 rings (SSSR count). The third-order valence-corrected chi connectivity index (χ3v) is 4.02. The topological polar surface area (TPSA) is 9.23 Å². The number of ether oxygens (including phenoxy) is 1. The normalized spacial score (nSPS) is 24.2. The lowest BCUT2D eigenvalue weighted by Gasteiger charge is -2.33. The average molecular weight is 188 g/mol. The van der Waals surface area contributed by atoms with E-state index < -0.39 is 0 Å². The van der Waals surface area contributed by atoms with Gasteiger partial charge >= 0.3 is 0 Å². The summed E-state index contributed by atoms with van der Waals surface area (Å²) in [4.78, 5) is 0. The van der Waals surface area contributed by atoms with E-state index in [1.807, 2.05) is 11.8 Å². The van der Waals surface area contributed by atoms with Gasteiger partial charge in [0, 0.05) is 12.4 Å². The Balaban J connectivity index is 2.18. The third kappa shape index (κ3) is 3.36. The van der Waals surface area contributed by atoms with Crippen molar-refractivity contribution in [2.24, 2.45) is 5.41 Å². The lowest BCUT2D eigenvalue weighted by atomic mass is 9.77. The van der Waals surface area contributed by atoms with E-state index in [4.69, 9.17) is 4.74 Å². The van der Waals surface area contributed by atoms with Crippen LogP contribution < -0.4 is 0 Å². The Hall–Kier alpha value is 0.310. The zero-order chi connectivity index (χ0) is 9.03. The van der Waals surface area contributed by atoms with Gasteiger partial charge in [0.15, 0.2) is 0 Å². The first-order valence-electron chi connectivity index (χ1n) is 4.74. The minimum absolute atomic E-state index is 0.601. The van der Waals surface area contributed by atoms with Gasteiger partial charge in [-0.1, -0.05) is 13.8 Å². The highest BCUT2D eigenvalue weighted by Crippen LogP contribution is 2.39. The fourth-order valence-corrected chi connectivity index (χ4v) is 2.60. The summed E-state index contributed by atoms with van der Waals surface area (Å²) in [6.45, 7) is 4.76. The van der Waals surface area contributed by atoms with Crippen LogP contribution in [0.2, 0.25) is 0 Å².